The minimum Gasteiger partial charge on any atom is -0.363 e. The molecule has 1 aromatic carbocycles. The Morgan fingerprint density at radius 1 is 1.35 bits per heavy atom. The van der Waals surface area contributed by atoms with Gasteiger partial charge in [-0.05, 0) is 12.1 Å². The molecule has 7 heteroatoms. The summed E-state index contributed by atoms with van der Waals surface area (Å²) in [5.41, 5.74) is 0.315. The predicted octanol–water partition coefficient (Wildman–Crippen LogP) is 2.82. The highest BCUT2D eigenvalue weighted by Crippen LogP contribution is 2.25. The fourth-order valence-corrected chi connectivity index (χ4v) is 2.59. The monoisotopic (exact) mass is 325 g/mol. The molecule has 2 rings (SSSR count). The zero-order valence-electron chi connectivity index (χ0n) is 10.9. The van der Waals surface area contributed by atoms with Gasteiger partial charge < -0.3 is 4.90 Å². The molecule has 0 unspecified atom stereocenters. The second-order valence-corrected chi connectivity index (χ2v) is 6.19. The summed E-state index contributed by atoms with van der Waals surface area (Å²) >= 11 is 12.6. The topological polar surface area (TPSA) is 38.1 Å². The average molecular weight is 326 g/mol. The van der Waals surface area contributed by atoms with E-state index in [4.69, 9.17) is 23.8 Å². The SMILES string of the molecule is CN(C)C(=S)Sc1cnn(-c2ccccc2)c(=O)c1Cl. The van der Waals surface area contributed by atoms with Crippen LogP contribution < -0.4 is 5.56 Å². The van der Waals surface area contributed by atoms with Crippen LogP contribution in [0.15, 0.2) is 46.2 Å². The van der Waals surface area contributed by atoms with Crippen molar-refractivity contribution in [2.45, 2.75) is 4.90 Å². The molecule has 104 valence electrons. The van der Waals surface area contributed by atoms with Crippen LogP contribution in [0.25, 0.3) is 5.69 Å². The Morgan fingerprint density at radius 2 is 2.00 bits per heavy atom. The van der Waals surface area contributed by atoms with E-state index < -0.39 is 0 Å². The van der Waals surface area contributed by atoms with Gasteiger partial charge in [0.05, 0.1) is 16.8 Å². The van der Waals surface area contributed by atoms with Gasteiger partial charge in [-0.1, -0.05) is 53.8 Å². The van der Waals surface area contributed by atoms with Gasteiger partial charge in [0.2, 0.25) is 0 Å². The molecule has 0 N–H and O–H groups in total. The summed E-state index contributed by atoms with van der Waals surface area (Å²) < 4.78 is 1.89. The van der Waals surface area contributed by atoms with E-state index >= 15 is 0 Å². The fraction of sp³-hybridized carbons (Fsp3) is 0.154. The summed E-state index contributed by atoms with van der Waals surface area (Å²) in [5, 5.41) is 4.27. The standard InChI is InChI=1S/C13H12ClN3OS2/c1-16(2)13(19)20-10-8-15-17(12(18)11(10)14)9-6-4-3-5-7-9/h3-8H,1-2H3. The average Bonchev–Trinajstić information content (AvgIpc) is 2.45. The minimum absolute atomic E-state index is 0.123. The molecule has 0 bridgehead atoms. The van der Waals surface area contributed by atoms with Gasteiger partial charge in [-0.2, -0.15) is 9.78 Å². The van der Waals surface area contributed by atoms with Crippen molar-refractivity contribution in [1.82, 2.24) is 14.7 Å². The van der Waals surface area contributed by atoms with Gasteiger partial charge in [0, 0.05) is 14.1 Å². The molecule has 0 spiro atoms. The minimum atomic E-state index is -0.357. The van der Waals surface area contributed by atoms with E-state index in [0.717, 1.165) is 0 Å². The lowest BCUT2D eigenvalue weighted by Crippen LogP contribution is -2.22. The fourth-order valence-electron chi connectivity index (χ4n) is 1.43. The molecular formula is C13H12ClN3OS2. The predicted molar refractivity (Wildman–Crippen MR) is 87.0 cm³/mol. The molecule has 0 fully saturated rings. The second kappa shape index (κ2) is 6.39. The van der Waals surface area contributed by atoms with Gasteiger partial charge in [-0.15, -0.1) is 0 Å². The van der Waals surface area contributed by atoms with E-state index in [0.29, 0.717) is 14.9 Å². The van der Waals surface area contributed by atoms with E-state index in [1.165, 1.54) is 16.4 Å². The van der Waals surface area contributed by atoms with Crippen molar-refractivity contribution < 1.29 is 0 Å². The van der Waals surface area contributed by atoms with Gasteiger partial charge in [0.1, 0.15) is 9.34 Å². The lowest BCUT2D eigenvalue weighted by atomic mass is 10.3. The molecule has 0 saturated carbocycles. The highest BCUT2D eigenvalue weighted by Gasteiger charge is 2.13. The van der Waals surface area contributed by atoms with Crippen molar-refractivity contribution in [3.63, 3.8) is 0 Å². The zero-order valence-corrected chi connectivity index (χ0v) is 13.3. The van der Waals surface area contributed by atoms with Crippen molar-refractivity contribution in [3.8, 4) is 5.69 Å². The van der Waals surface area contributed by atoms with Crippen LogP contribution in [0, 0.1) is 0 Å². The second-order valence-electron chi connectivity index (χ2n) is 4.14. The smallest absolute Gasteiger partial charge is 0.291 e. The van der Waals surface area contributed by atoms with Crippen LogP contribution in [0.4, 0.5) is 0 Å². The van der Waals surface area contributed by atoms with Crippen molar-refractivity contribution in [2.75, 3.05) is 14.1 Å². The van der Waals surface area contributed by atoms with Gasteiger partial charge >= 0.3 is 0 Å². The van der Waals surface area contributed by atoms with Crippen LogP contribution in [0.2, 0.25) is 5.02 Å². The summed E-state index contributed by atoms with van der Waals surface area (Å²) in [5.74, 6) is 0. The molecule has 0 aliphatic heterocycles. The summed E-state index contributed by atoms with van der Waals surface area (Å²) in [4.78, 5) is 14.6. The molecule has 0 saturated heterocycles. The van der Waals surface area contributed by atoms with Gasteiger partial charge in [0.25, 0.3) is 5.56 Å². The van der Waals surface area contributed by atoms with Gasteiger partial charge in [0.15, 0.2) is 0 Å². The van der Waals surface area contributed by atoms with Crippen molar-refractivity contribution in [3.05, 3.63) is 51.9 Å². The maximum atomic E-state index is 12.2. The Hall–Kier alpha value is -1.37. The molecule has 1 heterocycles. The van der Waals surface area contributed by atoms with Crippen molar-refractivity contribution >= 4 is 39.9 Å². The first kappa shape index (κ1) is 15.0. The van der Waals surface area contributed by atoms with Crippen LogP contribution >= 0.6 is 35.6 Å². The maximum Gasteiger partial charge on any atom is 0.291 e. The number of benzene rings is 1. The Kier molecular flexibility index (Phi) is 4.80. The number of nitrogens with zero attached hydrogens (tertiary/aromatic N) is 3. The number of rotatable bonds is 2. The number of thiocarbonyl (C=S) groups is 1. The number of thioether (sulfide) groups is 1. The highest BCUT2D eigenvalue weighted by atomic mass is 35.5. The molecule has 0 amide bonds. The Balaban J connectivity index is 2.40. The summed E-state index contributed by atoms with van der Waals surface area (Å²) in [7, 11) is 3.67. The molecule has 0 atom stereocenters. The summed E-state index contributed by atoms with van der Waals surface area (Å²) in [6.45, 7) is 0. The third-order valence-corrected chi connectivity index (χ3v) is 4.61. The lowest BCUT2D eigenvalue weighted by molar-refractivity contribution is 0.648. The van der Waals surface area contributed by atoms with Crippen molar-refractivity contribution in [2.24, 2.45) is 0 Å². The molecule has 20 heavy (non-hydrogen) atoms. The van der Waals surface area contributed by atoms with Crippen LogP contribution in [0.1, 0.15) is 0 Å². The van der Waals surface area contributed by atoms with E-state index in [1.54, 1.807) is 23.2 Å². The number of aromatic nitrogens is 2. The van der Waals surface area contributed by atoms with Crippen LogP contribution in [0.5, 0.6) is 0 Å². The third-order valence-electron chi connectivity index (χ3n) is 2.45. The van der Waals surface area contributed by atoms with Crippen LogP contribution in [-0.2, 0) is 0 Å². The Labute approximate surface area is 131 Å². The molecule has 0 radical (unpaired) electrons. The molecular weight excluding hydrogens is 314 g/mol. The number of hydrogen-bond donors (Lipinski definition) is 0. The zero-order chi connectivity index (χ0) is 14.7. The van der Waals surface area contributed by atoms with E-state index in [9.17, 15) is 4.79 Å². The summed E-state index contributed by atoms with van der Waals surface area (Å²) in [6, 6.07) is 9.13. The number of hydrogen-bond acceptors (Lipinski definition) is 4. The van der Waals surface area contributed by atoms with Crippen LogP contribution in [-0.4, -0.2) is 33.1 Å². The summed E-state index contributed by atoms with van der Waals surface area (Å²) in [6.07, 6.45) is 1.55. The largest absolute Gasteiger partial charge is 0.363 e. The number of halogens is 1. The molecule has 0 aliphatic rings. The van der Waals surface area contributed by atoms with E-state index in [-0.39, 0.29) is 10.6 Å². The number of para-hydroxylation sites is 1. The first-order valence-corrected chi connectivity index (χ1v) is 7.33. The molecule has 2 aromatic rings. The normalized spacial score (nSPS) is 10.3. The third kappa shape index (κ3) is 3.20. The maximum absolute atomic E-state index is 12.2. The van der Waals surface area contributed by atoms with Gasteiger partial charge in [-0.3, -0.25) is 4.79 Å². The molecule has 1 aromatic heterocycles. The Bertz CT molecular complexity index is 686. The van der Waals surface area contributed by atoms with Gasteiger partial charge in [-0.25, -0.2) is 0 Å². The van der Waals surface area contributed by atoms with E-state index in [2.05, 4.69) is 5.10 Å². The first-order valence-electron chi connectivity index (χ1n) is 5.73. The quantitative estimate of drug-likeness (QED) is 0.627. The first-order chi connectivity index (χ1) is 9.50. The van der Waals surface area contributed by atoms with E-state index in [1.807, 2.05) is 32.3 Å². The molecule has 0 aliphatic carbocycles. The lowest BCUT2D eigenvalue weighted by Gasteiger charge is -2.13. The van der Waals surface area contributed by atoms with Crippen molar-refractivity contribution in [1.29, 1.82) is 0 Å². The van der Waals surface area contributed by atoms with Crippen LogP contribution in [0.3, 0.4) is 0 Å². The Morgan fingerprint density at radius 3 is 2.60 bits per heavy atom. The molecule has 4 nitrogen and oxygen atoms in total. The highest BCUT2D eigenvalue weighted by molar-refractivity contribution is 8.23.